The summed E-state index contributed by atoms with van der Waals surface area (Å²) in [5.41, 5.74) is 0. The second-order valence-corrected chi connectivity index (χ2v) is 7.45. The van der Waals surface area contributed by atoms with Gasteiger partial charge in [0.1, 0.15) is 12.2 Å². The van der Waals surface area contributed by atoms with Crippen molar-refractivity contribution in [2.75, 3.05) is 13.2 Å². The molecule has 0 aromatic heterocycles. The van der Waals surface area contributed by atoms with Crippen molar-refractivity contribution in [3.8, 4) is 0 Å². The minimum absolute atomic E-state index is 0.0943. The molecule has 1 aliphatic rings. The molecule has 140 valence electrons. The van der Waals surface area contributed by atoms with Gasteiger partial charge in [0.05, 0.1) is 19.3 Å². The van der Waals surface area contributed by atoms with Crippen LogP contribution in [-0.2, 0) is 27.4 Å². The van der Waals surface area contributed by atoms with Crippen LogP contribution < -0.4 is 0 Å². The Balaban J connectivity index is 0.00000232. The van der Waals surface area contributed by atoms with E-state index in [2.05, 4.69) is 4.52 Å². The summed E-state index contributed by atoms with van der Waals surface area (Å²) in [4.78, 5) is 26.9. The molecular formula is C12H28O9P2. The molecular weight excluding hydrogens is 350 g/mol. The summed E-state index contributed by atoms with van der Waals surface area (Å²) in [5.74, 6) is 0. The Morgan fingerprint density at radius 1 is 1.17 bits per heavy atom. The minimum atomic E-state index is -4.64. The molecule has 1 fully saturated rings. The Kier molecular flexibility index (Phi) is 11.0. The fourth-order valence-corrected chi connectivity index (χ4v) is 3.20. The third-order valence-electron chi connectivity index (χ3n) is 2.81. The number of hydrogen-bond acceptors (Lipinski definition) is 6. The van der Waals surface area contributed by atoms with Crippen molar-refractivity contribution < 1.29 is 42.1 Å². The summed E-state index contributed by atoms with van der Waals surface area (Å²) >= 11 is 0. The number of unbranched alkanes of at least 4 members (excludes halogenated alkanes) is 1. The molecule has 0 spiro atoms. The average molecular weight is 378 g/mol. The Bertz CT molecular complexity index is 411. The number of phosphoric acid groups is 2. The van der Waals surface area contributed by atoms with E-state index in [4.69, 9.17) is 23.6 Å². The van der Waals surface area contributed by atoms with Crippen molar-refractivity contribution in [1.29, 1.82) is 0 Å². The van der Waals surface area contributed by atoms with E-state index in [1.165, 1.54) is 0 Å². The molecule has 3 N–H and O–H groups in total. The fourth-order valence-electron chi connectivity index (χ4n) is 1.87. The quantitative estimate of drug-likeness (QED) is 0.409. The standard InChI is InChI=1S/C10H22O9P2.C2H6/c1-3-4-5-16-21(14,15)19-9-6-8(2)18-10(9)7-17-20(11,12)13;1-2/h8-10H,3-7H2,1-2H3,(H,14,15)(H2,11,12,13);1-2H3. The van der Waals surface area contributed by atoms with Gasteiger partial charge in [-0.25, -0.2) is 9.13 Å². The van der Waals surface area contributed by atoms with Gasteiger partial charge >= 0.3 is 15.6 Å². The topological polar surface area (TPSA) is 132 Å². The van der Waals surface area contributed by atoms with Gasteiger partial charge in [-0.3, -0.25) is 13.6 Å². The van der Waals surface area contributed by atoms with Crippen molar-refractivity contribution in [2.45, 2.75) is 65.3 Å². The molecule has 1 heterocycles. The molecule has 9 nitrogen and oxygen atoms in total. The van der Waals surface area contributed by atoms with E-state index >= 15 is 0 Å². The van der Waals surface area contributed by atoms with Gasteiger partial charge in [-0.05, 0) is 13.3 Å². The Morgan fingerprint density at radius 2 is 1.78 bits per heavy atom. The fraction of sp³-hybridized carbons (Fsp3) is 1.00. The maximum atomic E-state index is 11.8. The lowest BCUT2D eigenvalue weighted by atomic mass is 10.1. The Labute approximate surface area is 137 Å². The van der Waals surface area contributed by atoms with Gasteiger partial charge < -0.3 is 19.4 Å². The number of ether oxygens (including phenoxy) is 1. The maximum Gasteiger partial charge on any atom is 0.472 e. The zero-order valence-corrected chi connectivity index (χ0v) is 15.7. The third-order valence-corrected chi connectivity index (χ3v) is 4.35. The van der Waals surface area contributed by atoms with Crippen LogP contribution >= 0.6 is 15.6 Å². The monoisotopic (exact) mass is 378 g/mol. The SMILES string of the molecule is CC.CCCCOP(=O)(O)OC1CC(C)OC1COP(=O)(O)O. The molecule has 11 heteroatoms. The first-order chi connectivity index (χ1) is 10.6. The second kappa shape index (κ2) is 10.9. The van der Waals surface area contributed by atoms with Gasteiger partial charge in [-0.1, -0.05) is 27.2 Å². The van der Waals surface area contributed by atoms with Crippen LogP contribution in [0.4, 0.5) is 0 Å². The van der Waals surface area contributed by atoms with Crippen molar-refractivity contribution in [1.82, 2.24) is 0 Å². The summed E-state index contributed by atoms with van der Waals surface area (Å²) < 4.78 is 42.0. The largest absolute Gasteiger partial charge is 0.472 e. The van der Waals surface area contributed by atoms with Gasteiger partial charge in [-0.2, -0.15) is 0 Å². The molecule has 0 saturated carbocycles. The van der Waals surface area contributed by atoms with Crippen molar-refractivity contribution in [3.63, 3.8) is 0 Å². The molecule has 0 aliphatic carbocycles. The van der Waals surface area contributed by atoms with Crippen LogP contribution in [0.15, 0.2) is 0 Å². The van der Waals surface area contributed by atoms with Crippen LogP contribution in [0.1, 0.15) is 47.0 Å². The smallest absolute Gasteiger partial charge is 0.370 e. The zero-order chi connectivity index (χ0) is 18.1. The minimum Gasteiger partial charge on any atom is -0.370 e. The first kappa shape index (κ1) is 23.2. The molecule has 1 rings (SSSR count). The molecule has 0 aromatic carbocycles. The Morgan fingerprint density at radius 3 is 2.30 bits per heavy atom. The van der Waals surface area contributed by atoms with Gasteiger partial charge in [-0.15, -0.1) is 0 Å². The molecule has 23 heavy (non-hydrogen) atoms. The second-order valence-electron chi connectivity index (χ2n) is 4.81. The van der Waals surface area contributed by atoms with Crippen LogP contribution in [0.3, 0.4) is 0 Å². The predicted octanol–water partition coefficient (Wildman–Crippen LogP) is 2.60. The number of phosphoric ester groups is 2. The molecule has 1 saturated heterocycles. The van der Waals surface area contributed by atoms with E-state index in [0.29, 0.717) is 12.8 Å². The summed E-state index contributed by atoms with van der Waals surface area (Å²) in [7, 11) is -8.86. The molecule has 0 radical (unpaired) electrons. The highest BCUT2D eigenvalue weighted by Gasteiger charge is 2.40. The average Bonchev–Trinajstić information content (AvgIpc) is 2.77. The van der Waals surface area contributed by atoms with Gasteiger partial charge in [0.15, 0.2) is 0 Å². The Hall–Kier alpha value is 0.180. The zero-order valence-electron chi connectivity index (χ0n) is 14.0. The number of hydrogen-bond donors (Lipinski definition) is 3. The van der Waals surface area contributed by atoms with E-state index in [1.54, 1.807) is 6.92 Å². The van der Waals surface area contributed by atoms with Crippen LogP contribution in [0, 0.1) is 0 Å². The predicted molar refractivity (Wildman–Crippen MR) is 83.9 cm³/mol. The van der Waals surface area contributed by atoms with Crippen LogP contribution in [0.2, 0.25) is 0 Å². The van der Waals surface area contributed by atoms with Gasteiger partial charge in [0.25, 0.3) is 0 Å². The number of rotatable bonds is 9. The van der Waals surface area contributed by atoms with E-state index in [-0.39, 0.29) is 12.7 Å². The summed E-state index contributed by atoms with van der Waals surface area (Å²) in [6, 6.07) is 0. The molecule has 0 bridgehead atoms. The summed E-state index contributed by atoms with van der Waals surface area (Å²) in [6.07, 6.45) is -0.224. The summed E-state index contributed by atoms with van der Waals surface area (Å²) in [5, 5.41) is 0. The first-order valence-electron chi connectivity index (χ1n) is 7.64. The van der Waals surface area contributed by atoms with E-state index in [9.17, 15) is 14.0 Å². The van der Waals surface area contributed by atoms with Crippen molar-refractivity contribution in [3.05, 3.63) is 0 Å². The van der Waals surface area contributed by atoms with E-state index < -0.39 is 34.5 Å². The highest BCUT2D eigenvalue weighted by molar-refractivity contribution is 7.47. The van der Waals surface area contributed by atoms with Gasteiger partial charge in [0.2, 0.25) is 0 Å². The van der Waals surface area contributed by atoms with Crippen LogP contribution in [0.25, 0.3) is 0 Å². The first-order valence-corrected chi connectivity index (χ1v) is 10.7. The van der Waals surface area contributed by atoms with Crippen LogP contribution in [0.5, 0.6) is 0 Å². The molecule has 0 aromatic rings. The van der Waals surface area contributed by atoms with Gasteiger partial charge in [0, 0.05) is 6.42 Å². The lowest BCUT2D eigenvalue weighted by Gasteiger charge is -2.21. The third kappa shape index (κ3) is 10.6. The normalized spacial score (nSPS) is 27.2. The van der Waals surface area contributed by atoms with E-state index in [1.807, 2.05) is 20.8 Å². The molecule has 4 atom stereocenters. The molecule has 4 unspecified atom stereocenters. The van der Waals surface area contributed by atoms with Crippen LogP contribution in [-0.4, -0.2) is 46.2 Å². The lowest BCUT2D eigenvalue weighted by molar-refractivity contribution is -0.0188. The summed E-state index contributed by atoms with van der Waals surface area (Å²) in [6.45, 7) is 7.29. The highest BCUT2D eigenvalue weighted by atomic mass is 31.2. The highest BCUT2D eigenvalue weighted by Crippen LogP contribution is 2.48. The molecule has 1 aliphatic heterocycles. The lowest BCUT2D eigenvalue weighted by Crippen LogP contribution is -2.28. The van der Waals surface area contributed by atoms with E-state index in [0.717, 1.165) is 6.42 Å². The maximum absolute atomic E-state index is 11.8. The molecule has 0 amide bonds. The van der Waals surface area contributed by atoms with Crippen molar-refractivity contribution in [2.24, 2.45) is 0 Å². The van der Waals surface area contributed by atoms with Crippen molar-refractivity contribution >= 4 is 15.6 Å².